The molecule has 3 heterocycles. The quantitative estimate of drug-likeness (QED) is 0.0409. The number of fused-ring (bicyclic) bond motifs is 6. The van der Waals surface area contributed by atoms with Gasteiger partial charge >= 0.3 is 0 Å². The Balaban J connectivity index is 0.000000201. The van der Waals surface area contributed by atoms with E-state index in [2.05, 4.69) is 470 Å². The summed E-state index contributed by atoms with van der Waals surface area (Å²) in [5.74, 6) is 0. The maximum atomic E-state index is 4.10. The molecular formula is C123H87N3P2. The topological polar surface area (TPSA) is 38.7 Å². The Morgan fingerprint density at radius 3 is 0.461 bits per heavy atom. The highest BCUT2D eigenvalue weighted by Crippen LogP contribution is 2.45. The van der Waals surface area contributed by atoms with E-state index in [1.165, 1.54) is 163 Å². The molecule has 3 aromatic heterocycles. The Kier molecular flexibility index (Phi) is 24.1. The van der Waals surface area contributed by atoms with Gasteiger partial charge in [-0.15, -0.1) is 0 Å². The summed E-state index contributed by atoms with van der Waals surface area (Å²) in [6.07, 6.45) is 37.5. The molecule has 3 nitrogen and oxygen atoms in total. The van der Waals surface area contributed by atoms with Crippen LogP contribution in [-0.4, -0.2) is 15.0 Å². The van der Waals surface area contributed by atoms with Gasteiger partial charge in [0.05, 0.1) is 0 Å². The first-order valence-electron chi connectivity index (χ1n) is 43.5. The van der Waals surface area contributed by atoms with Gasteiger partial charge in [-0.05, 0) is 249 Å². The van der Waals surface area contributed by atoms with E-state index in [1.54, 1.807) is 0 Å². The lowest BCUT2D eigenvalue weighted by atomic mass is 9.88. The molecule has 0 atom stereocenters. The van der Waals surface area contributed by atoms with Crippen LogP contribution in [0.15, 0.2) is 456 Å². The third-order valence-corrected chi connectivity index (χ3v) is 28.8. The molecule has 0 unspecified atom stereocenters. The predicted octanol–water partition coefficient (Wildman–Crippen LogP) is 30.0. The van der Waals surface area contributed by atoms with E-state index in [9.17, 15) is 0 Å². The van der Waals surface area contributed by atoms with Crippen molar-refractivity contribution in [2.45, 2.75) is 0 Å². The second kappa shape index (κ2) is 38.2. The van der Waals surface area contributed by atoms with Gasteiger partial charge in [-0.25, -0.2) is 0 Å². The Labute approximate surface area is 750 Å². The normalized spacial score (nSPS) is 11.9. The summed E-state index contributed by atoms with van der Waals surface area (Å²) in [5.41, 5.74) is 21.6. The van der Waals surface area contributed by atoms with Crippen LogP contribution in [0.4, 0.5) is 0 Å². The van der Waals surface area contributed by atoms with E-state index in [0.29, 0.717) is 0 Å². The molecule has 0 aliphatic heterocycles. The number of nitrogens with zero attached hydrogens (tertiary/aromatic N) is 3. The van der Waals surface area contributed by atoms with Crippen molar-refractivity contribution in [2.75, 3.05) is 0 Å². The summed E-state index contributed by atoms with van der Waals surface area (Å²) in [6.45, 7) is 0. The minimum atomic E-state index is -0.934. The van der Waals surface area contributed by atoms with E-state index in [0.717, 1.165) is 33.4 Å². The first kappa shape index (κ1) is 80.7. The van der Waals surface area contributed by atoms with Gasteiger partial charge in [0.25, 0.3) is 0 Å². The van der Waals surface area contributed by atoms with Crippen LogP contribution in [0.3, 0.4) is 0 Å². The highest BCUT2D eigenvalue weighted by atomic mass is 31.1. The van der Waals surface area contributed by atoms with Crippen LogP contribution in [0.25, 0.3) is 171 Å². The lowest BCUT2D eigenvalue weighted by molar-refractivity contribution is 1.32. The van der Waals surface area contributed by atoms with Gasteiger partial charge in [0.2, 0.25) is 0 Å². The van der Waals surface area contributed by atoms with Crippen LogP contribution < -0.4 is 31.8 Å². The molecule has 21 aromatic rings. The number of hydrogen-bond donors (Lipinski definition) is 0. The van der Waals surface area contributed by atoms with Crippen LogP contribution in [-0.2, 0) is 0 Å². The van der Waals surface area contributed by atoms with Crippen LogP contribution in [0.1, 0.15) is 66.8 Å². The van der Waals surface area contributed by atoms with Crippen LogP contribution in [0.2, 0.25) is 0 Å². The lowest BCUT2D eigenvalue weighted by Crippen LogP contribution is -2.20. The molecule has 0 saturated heterocycles. The van der Waals surface area contributed by atoms with Crippen LogP contribution >= 0.6 is 15.8 Å². The zero-order valence-corrected chi connectivity index (χ0v) is 72.3. The van der Waals surface area contributed by atoms with Crippen molar-refractivity contribution < 1.29 is 0 Å². The van der Waals surface area contributed by atoms with Gasteiger partial charge in [0.15, 0.2) is 0 Å². The van der Waals surface area contributed by atoms with E-state index in [4.69, 9.17) is 0 Å². The summed E-state index contributed by atoms with van der Waals surface area (Å²) < 4.78 is 0. The standard InChI is InChI=1S/C84H57P.C39H30N3P/c1-4-22-61(23-5-1)82-76-34-16-10-28-67(76)73(68-29-11-17-35-77(68)82)55-46-58-40-49-64(50-41-58)85(65-51-42-59(43-52-65)47-56-74-69-30-12-18-36-78(69)83(62-24-6-2-7-25-62)79-37-19-13-31-70(74)79)66-53-44-60(45-54-66)48-57-75-71-32-14-20-38-80(71)84(63-26-8-3-9-27-63)81-39-21-15-33-72(75)81;1(4-34-19-25-40-26-20-34)31-7-13-37(14-8-31)43(38-15-9-32(10-16-38)2-5-35-21-27-41-28-22-35)39-17-11-33(12-18-39)3-6-36-23-29-42-30-24-36/h1-57H;1-30H/b55-46+,56-47+,57-48+;4-1+,5-2+,6-3+. The number of rotatable bonds is 21. The highest BCUT2D eigenvalue weighted by Gasteiger charge is 2.22. The molecule has 0 amide bonds. The number of aromatic nitrogens is 3. The number of pyridine rings is 3. The molecule has 0 spiro atoms. The minimum absolute atomic E-state index is 0.740. The third kappa shape index (κ3) is 17.8. The fourth-order valence-corrected chi connectivity index (χ4v) is 22.1. The van der Waals surface area contributed by atoms with Gasteiger partial charge in [0, 0.05) is 37.2 Å². The smallest absolute Gasteiger partial charge is 0.0273 e. The SMILES string of the molecule is C(=C\c1c2ccccc2c(-c2ccccc2)c2ccccc12)/c1ccc(P(c2ccc(/C=C/c3c4ccccc4c(-c4ccccc4)c4ccccc34)cc2)c2ccc(/C=C/c3c4ccccc4c(-c4ccccc4)c4ccccc34)cc2)cc1.C(=C\c1ccc(P(c2ccc(/C=C/c3ccncc3)cc2)c2ccc(/C=C/c3ccncc3)cc2)cc1)/c1ccncc1. The largest absolute Gasteiger partial charge is 0.265 e. The fraction of sp³-hybridized carbons (Fsp3) is 0. The van der Waals surface area contributed by atoms with Crippen molar-refractivity contribution in [3.8, 4) is 33.4 Å². The summed E-state index contributed by atoms with van der Waals surface area (Å²) in [4.78, 5) is 12.3. The third-order valence-electron chi connectivity index (χ3n) is 23.9. The average Bonchev–Trinajstić information content (AvgIpc) is 0.748. The summed E-state index contributed by atoms with van der Waals surface area (Å²) in [5, 5.41) is 22.9. The average molecular weight is 1670 g/mol. The minimum Gasteiger partial charge on any atom is -0.265 e. The second-order valence-electron chi connectivity index (χ2n) is 31.8. The van der Waals surface area contributed by atoms with Crippen LogP contribution in [0, 0.1) is 0 Å². The molecule has 0 aliphatic carbocycles. The molecule has 21 rings (SSSR count). The molecule has 0 fully saturated rings. The first-order chi connectivity index (χ1) is 63.5. The van der Waals surface area contributed by atoms with Gasteiger partial charge in [-0.3, -0.25) is 15.0 Å². The molecular weight excluding hydrogens is 1580 g/mol. The van der Waals surface area contributed by atoms with E-state index < -0.39 is 15.8 Å². The van der Waals surface area contributed by atoms with E-state index in [1.807, 2.05) is 73.6 Å². The zero-order chi connectivity index (χ0) is 85.6. The number of benzene rings is 18. The first-order valence-corrected chi connectivity index (χ1v) is 46.1. The Hall–Kier alpha value is -15.7. The monoisotopic (exact) mass is 1670 g/mol. The summed E-state index contributed by atoms with van der Waals surface area (Å²) >= 11 is 0. The Morgan fingerprint density at radius 1 is 0.133 bits per heavy atom. The maximum Gasteiger partial charge on any atom is 0.0273 e. The molecule has 0 saturated carbocycles. The van der Waals surface area contributed by atoms with Crippen molar-refractivity contribution >= 4 is 185 Å². The zero-order valence-electron chi connectivity index (χ0n) is 70.5. The molecule has 128 heavy (non-hydrogen) atoms. The van der Waals surface area contributed by atoms with Crippen LogP contribution in [0.5, 0.6) is 0 Å². The fourth-order valence-electron chi connectivity index (χ4n) is 17.6. The number of hydrogen-bond acceptors (Lipinski definition) is 3. The van der Waals surface area contributed by atoms with E-state index >= 15 is 0 Å². The van der Waals surface area contributed by atoms with Crippen molar-refractivity contribution in [2.24, 2.45) is 0 Å². The van der Waals surface area contributed by atoms with E-state index in [-0.39, 0.29) is 0 Å². The van der Waals surface area contributed by atoms with Gasteiger partial charge < -0.3 is 0 Å². The van der Waals surface area contributed by atoms with Crippen molar-refractivity contribution in [1.82, 2.24) is 15.0 Å². The molecule has 18 aromatic carbocycles. The van der Waals surface area contributed by atoms with Gasteiger partial charge in [-0.1, -0.05) is 455 Å². The summed E-state index contributed by atoms with van der Waals surface area (Å²) in [7, 11) is -1.67. The molecule has 0 N–H and O–H groups in total. The molecule has 0 aliphatic rings. The molecule has 604 valence electrons. The summed E-state index contributed by atoms with van der Waals surface area (Å²) in [6, 6.07) is 152. The highest BCUT2D eigenvalue weighted by molar-refractivity contribution is 7.80. The Bertz CT molecular complexity index is 6780. The van der Waals surface area contributed by atoms with Crippen molar-refractivity contribution in [1.29, 1.82) is 0 Å². The molecule has 5 heteroatoms. The second-order valence-corrected chi connectivity index (χ2v) is 36.2. The molecule has 0 radical (unpaired) electrons. The Morgan fingerprint density at radius 2 is 0.281 bits per heavy atom. The van der Waals surface area contributed by atoms with Gasteiger partial charge in [-0.2, -0.15) is 0 Å². The van der Waals surface area contributed by atoms with Crippen molar-refractivity contribution in [3.05, 3.63) is 523 Å². The van der Waals surface area contributed by atoms with Crippen molar-refractivity contribution in [3.63, 3.8) is 0 Å². The predicted molar refractivity (Wildman–Crippen MR) is 557 cm³/mol. The van der Waals surface area contributed by atoms with Gasteiger partial charge in [0.1, 0.15) is 0 Å². The maximum absolute atomic E-state index is 4.10. The molecule has 0 bridgehead atoms. The lowest BCUT2D eigenvalue weighted by Gasteiger charge is -2.20.